The number of hydrogen-bond donors (Lipinski definition) is 1. The zero-order valence-corrected chi connectivity index (χ0v) is 17.6. The van der Waals surface area contributed by atoms with E-state index in [1.807, 2.05) is 30.2 Å². The van der Waals surface area contributed by atoms with Gasteiger partial charge in [0.25, 0.3) is 0 Å². The molecule has 0 amide bonds. The van der Waals surface area contributed by atoms with Crippen LogP contribution in [-0.2, 0) is 26.3 Å². The van der Waals surface area contributed by atoms with Crippen LogP contribution in [0.1, 0.15) is 43.9 Å². The summed E-state index contributed by atoms with van der Waals surface area (Å²) in [5.41, 5.74) is 5.60. The van der Waals surface area contributed by atoms with Crippen LogP contribution in [0.5, 0.6) is 0 Å². The summed E-state index contributed by atoms with van der Waals surface area (Å²) in [6.45, 7) is 8.16. The second-order valence-corrected chi connectivity index (χ2v) is 8.35. The van der Waals surface area contributed by atoms with Gasteiger partial charge in [-0.2, -0.15) is 0 Å². The number of carbonyl (C=O) groups excluding carboxylic acids is 2. The van der Waals surface area contributed by atoms with Gasteiger partial charge in [-0.3, -0.25) is 0 Å². The fourth-order valence-corrected chi connectivity index (χ4v) is 4.23. The number of benzene rings is 2. The number of esters is 1. The maximum absolute atomic E-state index is 12.3. The first kappa shape index (κ1) is 20.0. The van der Waals surface area contributed by atoms with Crippen molar-refractivity contribution in [3.63, 3.8) is 0 Å². The molecule has 0 fully saturated rings. The zero-order chi connectivity index (χ0) is 21.3. The largest absolute Gasteiger partial charge is 0.462 e. The molecule has 2 aromatic carbocycles. The van der Waals surface area contributed by atoms with E-state index in [9.17, 15) is 9.59 Å². The number of rotatable bonds is 4. The Hall–Kier alpha value is -3.30. The maximum Gasteiger partial charge on any atom is 0.341 e. The molecule has 0 aliphatic carbocycles. The fourth-order valence-electron chi connectivity index (χ4n) is 4.23. The first-order valence-corrected chi connectivity index (χ1v) is 10.3. The van der Waals surface area contributed by atoms with Gasteiger partial charge in [-0.25, -0.2) is 9.59 Å². The van der Waals surface area contributed by atoms with Crippen molar-refractivity contribution in [2.75, 3.05) is 23.4 Å². The molecular formula is C25H26N2O3. The molecule has 2 aliphatic heterocycles. The molecule has 5 heteroatoms. The summed E-state index contributed by atoms with van der Waals surface area (Å²) in [6, 6.07) is 14.5. The van der Waals surface area contributed by atoms with Crippen molar-refractivity contribution in [1.82, 2.24) is 0 Å². The topological polar surface area (TPSA) is 58.6 Å². The molecule has 4 rings (SSSR count). The molecule has 0 saturated carbocycles. The molecule has 1 N–H and O–H groups in total. The maximum atomic E-state index is 12.3. The summed E-state index contributed by atoms with van der Waals surface area (Å²) in [5, 5.41) is 3.20. The molecule has 2 aromatic rings. The highest BCUT2D eigenvalue weighted by molar-refractivity contribution is 6.07. The number of anilines is 2. The number of nitrogens with one attached hydrogen (secondary N) is 1. The van der Waals surface area contributed by atoms with E-state index in [1.165, 1.54) is 11.1 Å². The quantitative estimate of drug-likeness (QED) is 0.604. The number of ether oxygens (including phenoxy) is 1. The van der Waals surface area contributed by atoms with E-state index in [1.54, 1.807) is 13.0 Å². The Morgan fingerprint density at radius 3 is 2.67 bits per heavy atom. The lowest BCUT2D eigenvalue weighted by Crippen LogP contribution is -2.38. The Morgan fingerprint density at radius 2 is 1.97 bits per heavy atom. The molecule has 0 bridgehead atoms. The van der Waals surface area contributed by atoms with Crippen molar-refractivity contribution in [3.05, 3.63) is 70.4 Å². The van der Waals surface area contributed by atoms with Crippen molar-refractivity contribution in [2.45, 2.75) is 39.2 Å². The summed E-state index contributed by atoms with van der Waals surface area (Å²) in [5.74, 6) is 1.37. The molecule has 154 valence electrons. The molecule has 2 heterocycles. The molecule has 30 heavy (non-hydrogen) atoms. The van der Waals surface area contributed by atoms with Crippen LogP contribution < -0.4 is 10.2 Å². The Labute approximate surface area is 177 Å². The van der Waals surface area contributed by atoms with E-state index < -0.39 is 5.97 Å². The van der Waals surface area contributed by atoms with Gasteiger partial charge in [-0.15, -0.1) is 0 Å². The molecule has 0 radical (unpaired) electrons. The molecular weight excluding hydrogens is 376 g/mol. The van der Waals surface area contributed by atoms with E-state index >= 15 is 0 Å². The summed E-state index contributed by atoms with van der Waals surface area (Å²) >= 11 is 0. The van der Waals surface area contributed by atoms with Crippen LogP contribution >= 0.6 is 0 Å². The van der Waals surface area contributed by atoms with Gasteiger partial charge < -0.3 is 15.0 Å². The van der Waals surface area contributed by atoms with Crippen LogP contribution in [-0.4, -0.2) is 25.1 Å². The summed E-state index contributed by atoms with van der Waals surface area (Å²) in [6.07, 6.45) is 2.76. The minimum atomic E-state index is -0.520. The van der Waals surface area contributed by atoms with Crippen LogP contribution in [0.15, 0.2) is 53.7 Å². The number of nitrogens with zero attached hydrogens (tertiary/aromatic N) is 1. The Kier molecular flexibility index (Phi) is 5.23. The van der Waals surface area contributed by atoms with Crippen LogP contribution in [0.25, 0.3) is 6.08 Å². The lowest BCUT2D eigenvalue weighted by molar-refractivity contribution is -0.138. The third kappa shape index (κ3) is 3.53. The van der Waals surface area contributed by atoms with Gasteiger partial charge in [0.05, 0.1) is 23.6 Å². The van der Waals surface area contributed by atoms with Gasteiger partial charge in [-0.05, 0) is 36.0 Å². The second-order valence-electron chi connectivity index (χ2n) is 8.35. The van der Waals surface area contributed by atoms with Crippen LogP contribution in [0.3, 0.4) is 0 Å². The first-order chi connectivity index (χ1) is 14.4. The van der Waals surface area contributed by atoms with Crippen molar-refractivity contribution in [1.29, 1.82) is 0 Å². The van der Waals surface area contributed by atoms with Crippen molar-refractivity contribution in [2.24, 2.45) is 0 Å². The molecule has 0 spiro atoms. The van der Waals surface area contributed by atoms with E-state index in [-0.39, 0.29) is 23.3 Å². The highest BCUT2D eigenvalue weighted by Gasteiger charge is 2.35. The first-order valence-electron chi connectivity index (χ1n) is 10.3. The number of hydrogen-bond acceptors (Lipinski definition) is 5. The Balaban J connectivity index is 1.84. The predicted octanol–water partition coefficient (Wildman–Crippen LogP) is 4.46. The average molecular weight is 402 g/mol. The normalized spacial score (nSPS) is 16.6. The molecule has 0 aromatic heterocycles. The van der Waals surface area contributed by atoms with E-state index in [0.29, 0.717) is 0 Å². The molecule has 0 atom stereocenters. The highest BCUT2D eigenvalue weighted by atomic mass is 16.5. The van der Waals surface area contributed by atoms with Gasteiger partial charge in [-0.1, -0.05) is 56.3 Å². The molecule has 0 unspecified atom stereocenters. The third-order valence-corrected chi connectivity index (χ3v) is 5.90. The van der Waals surface area contributed by atoms with E-state index in [2.05, 4.69) is 42.3 Å². The van der Waals surface area contributed by atoms with Gasteiger partial charge in [0, 0.05) is 18.7 Å². The summed E-state index contributed by atoms with van der Waals surface area (Å²) in [7, 11) is 0. The Morgan fingerprint density at radius 1 is 1.20 bits per heavy atom. The smallest absolute Gasteiger partial charge is 0.341 e. The lowest BCUT2D eigenvalue weighted by Gasteiger charge is -2.42. The van der Waals surface area contributed by atoms with Gasteiger partial charge in [0.1, 0.15) is 5.70 Å². The van der Waals surface area contributed by atoms with Gasteiger partial charge in [0.2, 0.25) is 0 Å². The fraction of sp³-hybridized carbons (Fsp3) is 0.320. The lowest BCUT2D eigenvalue weighted by atomic mass is 9.76. The number of carbonyl (C=O) groups is 1. The molecule has 0 saturated heterocycles. The van der Waals surface area contributed by atoms with Crippen molar-refractivity contribution >= 4 is 29.4 Å². The predicted molar refractivity (Wildman–Crippen MR) is 119 cm³/mol. The van der Waals surface area contributed by atoms with E-state index in [0.717, 1.165) is 36.4 Å². The van der Waals surface area contributed by atoms with Crippen LogP contribution in [0.4, 0.5) is 11.4 Å². The van der Waals surface area contributed by atoms with Gasteiger partial charge >= 0.3 is 5.97 Å². The standard InChI is InChI=1S/C25H26N2O3/c1-4-30-24(29)19-14-18-10-11-20-23(22(18)26-21(19)16-28)27(13-12-25(20,2)3)15-17-8-6-5-7-9-17/h5-11,14,26H,4,12-13,15H2,1-3H3. The average Bonchev–Trinajstić information content (AvgIpc) is 2.75. The van der Waals surface area contributed by atoms with Crippen molar-refractivity contribution < 1.29 is 14.3 Å². The minimum absolute atomic E-state index is 0.00935. The zero-order valence-electron chi connectivity index (χ0n) is 17.6. The summed E-state index contributed by atoms with van der Waals surface area (Å²) < 4.78 is 5.12. The highest BCUT2D eigenvalue weighted by Crippen LogP contribution is 2.47. The summed E-state index contributed by atoms with van der Waals surface area (Å²) in [4.78, 5) is 26.4. The Bertz CT molecular complexity index is 1060. The molecule has 2 aliphatic rings. The van der Waals surface area contributed by atoms with Crippen molar-refractivity contribution in [3.8, 4) is 0 Å². The van der Waals surface area contributed by atoms with Crippen LogP contribution in [0.2, 0.25) is 0 Å². The monoisotopic (exact) mass is 402 g/mol. The minimum Gasteiger partial charge on any atom is -0.462 e. The molecule has 5 nitrogen and oxygen atoms in total. The van der Waals surface area contributed by atoms with E-state index in [4.69, 9.17) is 4.74 Å². The number of fused-ring (bicyclic) bond motifs is 3. The second kappa shape index (κ2) is 7.85. The van der Waals surface area contributed by atoms with Crippen LogP contribution in [0, 0.1) is 0 Å². The van der Waals surface area contributed by atoms with Gasteiger partial charge in [0.15, 0.2) is 5.94 Å². The third-order valence-electron chi connectivity index (χ3n) is 5.90. The SMILES string of the molecule is CCOC(=O)C1=Cc2ccc3c(c2NC1=C=O)N(Cc1ccccc1)CCC3(C)C.